The highest BCUT2D eigenvalue weighted by molar-refractivity contribution is 6.30. The van der Waals surface area contributed by atoms with E-state index in [4.69, 9.17) is 16.3 Å². The van der Waals surface area contributed by atoms with Gasteiger partial charge in [-0.2, -0.15) is 0 Å². The summed E-state index contributed by atoms with van der Waals surface area (Å²) in [4.78, 5) is 13.4. The van der Waals surface area contributed by atoms with Crippen LogP contribution >= 0.6 is 11.6 Å². The van der Waals surface area contributed by atoms with E-state index in [0.29, 0.717) is 11.4 Å². The summed E-state index contributed by atoms with van der Waals surface area (Å²) in [6.45, 7) is 5.50. The molecule has 0 spiro atoms. The first kappa shape index (κ1) is 15.1. The molecule has 1 aromatic carbocycles. The summed E-state index contributed by atoms with van der Waals surface area (Å²) < 4.78 is 19.0. The average molecular weight is 300 g/mol. The molecule has 2 atom stereocenters. The van der Waals surface area contributed by atoms with Gasteiger partial charge in [0.15, 0.2) is 0 Å². The van der Waals surface area contributed by atoms with Crippen LogP contribution < -0.4 is 0 Å². The van der Waals surface area contributed by atoms with Crippen molar-refractivity contribution in [1.29, 1.82) is 0 Å². The van der Waals surface area contributed by atoms with Gasteiger partial charge in [0.1, 0.15) is 11.8 Å². The number of ether oxygens (including phenoxy) is 1. The third kappa shape index (κ3) is 3.63. The number of hydrogen-bond acceptors (Lipinski definition) is 2. The van der Waals surface area contributed by atoms with Crippen LogP contribution in [0.4, 0.5) is 9.18 Å². The molecule has 0 saturated carbocycles. The summed E-state index contributed by atoms with van der Waals surface area (Å²) in [5.74, 6) is 0. The quantitative estimate of drug-likeness (QED) is 0.830. The molecule has 1 saturated heterocycles. The Bertz CT molecular complexity index is 484. The summed E-state index contributed by atoms with van der Waals surface area (Å²) in [5, 5.41) is 0.642. The van der Waals surface area contributed by atoms with Crippen molar-refractivity contribution in [3.8, 4) is 0 Å². The fraction of sp³-hybridized carbons (Fsp3) is 0.533. The van der Waals surface area contributed by atoms with E-state index in [1.54, 1.807) is 32.9 Å². The van der Waals surface area contributed by atoms with E-state index in [2.05, 4.69) is 0 Å². The van der Waals surface area contributed by atoms with Crippen molar-refractivity contribution in [2.45, 2.75) is 45.0 Å². The van der Waals surface area contributed by atoms with Crippen molar-refractivity contribution < 1.29 is 13.9 Å². The molecule has 1 aliphatic rings. The summed E-state index contributed by atoms with van der Waals surface area (Å²) in [5.41, 5.74) is 0.388. The zero-order chi connectivity index (χ0) is 14.9. The lowest BCUT2D eigenvalue weighted by molar-refractivity contribution is -0.0398. The third-order valence-electron chi connectivity index (χ3n) is 3.18. The molecule has 1 heterocycles. The van der Waals surface area contributed by atoms with E-state index in [1.807, 2.05) is 12.1 Å². The molecule has 2 rings (SSSR count). The number of alkyl halides is 1. The topological polar surface area (TPSA) is 29.5 Å². The molecule has 5 heteroatoms. The number of amides is 1. The SMILES string of the molecule is CC(C)(C)OC(=O)N1C[C@@H](F)[C@@H]1Cc1ccc(Cl)cc1. The number of benzene rings is 1. The molecule has 0 bridgehead atoms. The molecule has 20 heavy (non-hydrogen) atoms. The van der Waals surface area contributed by atoms with Crippen molar-refractivity contribution >= 4 is 17.7 Å². The maximum absolute atomic E-state index is 13.7. The number of likely N-dealkylation sites (tertiary alicyclic amines) is 1. The van der Waals surface area contributed by atoms with Gasteiger partial charge < -0.3 is 4.74 Å². The number of carbonyl (C=O) groups excluding carboxylic acids is 1. The summed E-state index contributed by atoms with van der Waals surface area (Å²) in [6.07, 6.45) is -0.985. The molecule has 0 N–H and O–H groups in total. The number of hydrogen-bond donors (Lipinski definition) is 0. The second-order valence-corrected chi connectivity index (χ2v) is 6.48. The van der Waals surface area contributed by atoms with E-state index in [0.717, 1.165) is 5.56 Å². The first-order chi connectivity index (χ1) is 9.26. The van der Waals surface area contributed by atoms with Gasteiger partial charge in [-0.05, 0) is 44.9 Å². The Balaban J connectivity index is 1.99. The molecule has 0 radical (unpaired) electrons. The molecular formula is C15H19ClFNO2. The van der Waals surface area contributed by atoms with E-state index >= 15 is 0 Å². The van der Waals surface area contributed by atoms with Crippen LogP contribution in [0.25, 0.3) is 0 Å². The zero-order valence-electron chi connectivity index (χ0n) is 11.9. The fourth-order valence-corrected chi connectivity index (χ4v) is 2.26. The standard InChI is InChI=1S/C15H19ClFNO2/c1-15(2,3)20-14(19)18-9-12(17)13(18)8-10-4-6-11(16)7-5-10/h4-7,12-13H,8-9H2,1-3H3/t12-,13+/m1/s1. The molecule has 1 fully saturated rings. The van der Waals surface area contributed by atoms with Crippen molar-refractivity contribution in [1.82, 2.24) is 4.90 Å². The van der Waals surface area contributed by atoms with Crippen molar-refractivity contribution in [3.05, 3.63) is 34.9 Å². The summed E-state index contributed by atoms with van der Waals surface area (Å²) in [7, 11) is 0. The highest BCUT2D eigenvalue weighted by Gasteiger charge is 2.43. The normalized spacial score (nSPS) is 22.4. The molecule has 1 aromatic rings. The highest BCUT2D eigenvalue weighted by Crippen LogP contribution is 2.27. The minimum atomic E-state index is -1.00. The minimum Gasteiger partial charge on any atom is -0.444 e. The lowest BCUT2D eigenvalue weighted by atomic mass is 9.94. The largest absolute Gasteiger partial charge is 0.444 e. The van der Waals surface area contributed by atoms with Gasteiger partial charge >= 0.3 is 6.09 Å². The van der Waals surface area contributed by atoms with E-state index in [9.17, 15) is 9.18 Å². The van der Waals surface area contributed by atoms with Gasteiger partial charge in [-0.1, -0.05) is 23.7 Å². The molecule has 1 aliphatic heterocycles. The average Bonchev–Trinajstić information content (AvgIpc) is 2.32. The zero-order valence-corrected chi connectivity index (χ0v) is 12.7. The van der Waals surface area contributed by atoms with Crippen LogP contribution in [0.2, 0.25) is 5.02 Å². The monoisotopic (exact) mass is 299 g/mol. The number of rotatable bonds is 2. The first-order valence-electron chi connectivity index (χ1n) is 6.64. The van der Waals surface area contributed by atoms with Gasteiger partial charge in [0.25, 0.3) is 0 Å². The molecule has 0 aliphatic carbocycles. The molecule has 0 aromatic heterocycles. The van der Waals surface area contributed by atoms with Gasteiger partial charge in [0.05, 0.1) is 12.6 Å². The Morgan fingerprint density at radius 2 is 2.00 bits per heavy atom. The molecule has 1 amide bonds. The fourth-order valence-electron chi connectivity index (χ4n) is 2.13. The first-order valence-corrected chi connectivity index (χ1v) is 7.02. The Kier molecular flexibility index (Phi) is 4.23. The van der Waals surface area contributed by atoms with Gasteiger partial charge in [-0.25, -0.2) is 9.18 Å². The van der Waals surface area contributed by atoms with Crippen molar-refractivity contribution in [2.24, 2.45) is 0 Å². The lowest BCUT2D eigenvalue weighted by Crippen LogP contribution is -2.62. The Morgan fingerprint density at radius 1 is 1.40 bits per heavy atom. The Labute approximate surface area is 123 Å². The molecule has 110 valence electrons. The summed E-state index contributed by atoms with van der Waals surface area (Å²) in [6, 6.07) is 6.77. The third-order valence-corrected chi connectivity index (χ3v) is 3.43. The van der Waals surface area contributed by atoms with Gasteiger partial charge in [0, 0.05) is 5.02 Å². The number of nitrogens with zero attached hydrogens (tertiary/aromatic N) is 1. The Morgan fingerprint density at radius 3 is 2.50 bits per heavy atom. The number of halogens is 2. The predicted molar refractivity (Wildman–Crippen MR) is 76.8 cm³/mol. The van der Waals surface area contributed by atoms with Crippen molar-refractivity contribution in [2.75, 3.05) is 6.54 Å². The van der Waals surface area contributed by atoms with Crippen LogP contribution in [0.15, 0.2) is 24.3 Å². The van der Waals surface area contributed by atoms with E-state index < -0.39 is 23.9 Å². The number of carbonyl (C=O) groups is 1. The molecule has 3 nitrogen and oxygen atoms in total. The van der Waals surface area contributed by atoms with Crippen molar-refractivity contribution in [3.63, 3.8) is 0 Å². The van der Waals surface area contributed by atoms with Crippen LogP contribution in [0.5, 0.6) is 0 Å². The van der Waals surface area contributed by atoms with Gasteiger partial charge in [-0.15, -0.1) is 0 Å². The highest BCUT2D eigenvalue weighted by atomic mass is 35.5. The maximum atomic E-state index is 13.7. The smallest absolute Gasteiger partial charge is 0.410 e. The van der Waals surface area contributed by atoms with Crippen LogP contribution in [0.3, 0.4) is 0 Å². The second-order valence-electron chi connectivity index (χ2n) is 6.05. The van der Waals surface area contributed by atoms with E-state index in [-0.39, 0.29) is 6.54 Å². The summed E-state index contributed by atoms with van der Waals surface area (Å²) >= 11 is 5.82. The lowest BCUT2D eigenvalue weighted by Gasteiger charge is -2.44. The van der Waals surface area contributed by atoms with Crippen LogP contribution in [-0.2, 0) is 11.2 Å². The minimum absolute atomic E-state index is 0.104. The second kappa shape index (κ2) is 5.60. The predicted octanol–water partition coefficient (Wildman–Crippen LogP) is 3.84. The van der Waals surface area contributed by atoms with Crippen LogP contribution in [-0.4, -0.2) is 35.4 Å². The molecular weight excluding hydrogens is 281 g/mol. The van der Waals surface area contributed by atoms with Gasteiger partial charge in [-0.3, -0.25) is 4.90 Å². The maximum Gasteiger partial charge on any atom is 0.410 e. The van der Waals surface area contributed by atoms with Crippen LogP contribution in [0, 0.1) is 0 Å². The molecule has 0 unspecified atom stereocenters. The van der Waals surface area contributed by atoms with Gasteiger partial charge in [0.2, 0.25) is 0 Å². The van der Waals surface area contributed by atoms with Crippen LogP contribution in [0.1, 0.15) is 26.3 Å². The Hall–Kier alpha value is -1.29. The van der Waals surface area contributed by atoms with E-state index in [1.165, 1.54) is 4.90 Å².